The van der Waals surface area contributed by atoms with Gasteiger partial charge in [-0.05, 0) is 36.8 Å². The van der Waals surface area contributed by atoms with E-state index >= 15 is 0 Å². The van der Waals surface area contributed by atoms with E-state index in [0.717, 1.165) is 18.2 Å². The normalized spacial score (nSPS) is 21.1. The molecule has 10 heteroatoms. The summed E-state index contributed by atoms with van der Waals surface area (Å²) < 4.78 is 50.5. The van der Waals surface area contributed by atoms with Gasteiger partial charge in [-0.3, -0.25) is 14.4 Å². The molecule has 0 saturated heterocycles. The minimum atomic E-state index is -4.06. The number of primary amides is 1. The van der Waals surface area contributed by atoms with Crippen molar-refractivity contribution in [1.29, 1.82) is 0 Å². The fourth-order valence-corrected chi connectivity index (χ4v) is 6.67. The number of amides is 1. The largest absolute Gasteiger partial charge is 0.366 e. The molecule has 1 amide bonds. The van der Waals surface area contributed by atoms with Gasteiger partial charge in [0.2, 0.25) is 37.1 Å². The zero-order valence-corrected chi connectivity index (χ0v) is 17.9. The molecule has 0 saturated carbocycles. The molecule has 0 unspecified atom stereocenters. The van der Waals surface area contributed by atoms with Gasteiger partial charge in [-0.2, -0.15) is 0 Å². The number of rotatable bonds is 4. The van der Waals surface area contributed by atoms with Crippen molar-refractivity contribution in [2.45, 2.75) is 16.2 Å². The van der Waals surface area contributed by atoms with E-state index in [1.165, 1.54) is 48.5 Å². The molecule has 0 fully saturated rings. The van der Waals surface area contributed by atoms with Crippen molar-refractivity contribution >= 4 is 37.1 Å². The van der Waals surface area contributed by atoms with Gasteiger partial charge < -0.3 is 5.73 Å². The second-order valence-corrected chi connectivity index (χ2v) is 10.8. The van der Waals surface area contributed by atoms with Crippen molar-refractivity contribution in [2.75, 3.05) is 0 Å². The smallest absolute Gasteiger partial charge is 0.244 e. The number of carbonyl (C=O) groups is 3. The predicted molar refractivity (Wildman–Crippen MR) is 114 cm³/mol. The first-order chi connectivity index (χ1) is 15.1. The van der Waals surface area contributed by atoms with Crippen LogP contribution in [-0.2, 0) is 24.5 Å². The average molecular weight is 469 g/mol. The van der Waals surface area contributed by atoms with Crippen molar-refractivity contribution < 1.29 is 31.2 Å². The van der Waals surface area contributed by atoms with E-state index < -0.39 is 47.0 Å². The number of hydrogen-bond donors (Lipinski definition) is 1. The highest BCUT2D eigenvalue weighted by atomic mass is 32.2. The number of allylic oxidation sites excluding steroid dienone is 5. The maximum absolute atomic E-state index is 12.6. The summed E-state index contributed by atoms with van der Waals surface area (Å²) in [5.41, 5.74) is 5.22. The van der Waals surface area contributed by atoms with Crippen LogP contribution >= 0.6 is 0 Å². The Morgan fingerprint density at radius 3 is 1.75 bits per heavy atom. The Balaban J connectivity index is 1.71. The van der Waals surface area contributed by atoms with Gasteiger partial charge >= 0.3 is 0 Å². The minimum Gasteiger partial charge on any atom is -0.366 e. The van der Waals surface area contributed by atoms with Crippen LogP contribution in [0.25, 0.3) is 0 Å². The number of carbonyl (C=O) groups excluding carboxylic acids is 3. The molecule has 0 aliphatic carbocycles. The Kier molecular flexibility index (Phi) is 5.06. The van der Waals surface area contributed by atoms with Gasteiger partial charge in [0, 0.05) is 16.7 Å². The number of benzene rings is 2. The Hall–Kier alpha value is -3.63. The summed E-state index contributed by atoms with van der Waals surface area (Å²) in [6.07, 6.45) is 2.73. The van der Waals surface area contributed by atoms with Gasteiger partial charge in [-0.25, -0.2) is 16.8 Å². The van der Waals surface area contributed by atoms with Crippen LogP contribution in [-0.4, -0.2) is 34.3 Å². The zero-order valence-electron chi connectivity index (χ0n) is 16.3. The minimum absolute atomic E-state index is 0.0234. The topological polar surface area (TPSA) is 146 Å². The molecule has 0 spiro atoms. The Morgan fingerprint density at radius 1 is 0.781 bits per heavy atom. The SMILES string of the molecule is NC(=O)C(=CC=C1C(=O)c2ccccc2S1(=O)=O)CC=C1C(=O)c2ccccc2S1(=O)=O. The number of Topliss-reactive ketones (excluding diaryl/α,β-unsaturated/α-hetero) is 2. The Bertz CT molecular complexity index is 1530. The van der Waals surface area contributed by atoms with Crippen molar-refractivity contribution in [3.8, 4) is 0 Å². The molecule has 2 N–H and O–H groups in total. The summed E-state index contributed by atoms with van der Waals surface area (Å²) in [5, 5.41) is 0. The molecule has 2 aromatic rings. The Morgan fingerprint density at radius 2 is 1.25 bits per heavy atom. The van der Waals surface area contributed by atoms with Gasteiger partial charge in [0.15, 0.2) is 0 Å². The van der Waals surface area contributed by atoms with Crippen LogP contribution in [0.1, 0.15) is 27.1 Å². The highest BCUT2D eigenvalue weighted by Crippen LogP contribution is 2.35. The van der Waals surface area contributed by atoms with Crippen LogP contribution < -0.4 is 5.73 Å². The highest BCUT2D eigenvalue weighted by molar-refractivity contribution is 7.97. The van der Waals surface area contributed by atoms with E-state index in [-0.39, 0.29) is 32.9 Å². The third-order valence-electron chi connectivity index (χ3n) is 5.13. The van der Waals surface area contributed by atoms with Gasteiger partial charge in [0.25, 0.3) is 0 Å². The average Bonchev–Trinajstić information content (AvgIpc) is 3.07. The number of hydrogen-bond acceptors (Lipinski definition) is 7. The van der Waals surface area contributed by atoms with Crippen LogP contribution in [0.15, 0.2) is 91.9 Å². The number of ketones is 2. The molecule has 2 heterocycles. The standard InChI is InChI=1S/C22H15NO7S2/c23-22(26)13(9-11-18-20(24)14-5-1-3-7-16(14)31(18,27)28)10-12-19-21(25)15-6-2-4-8-17(15)32(19,29)30/h1-9,11-12H,10H2,(H2,23,26). The fourth-order valence-electron chi connectivity index (χ4n) is 3.52. The quantitative estimate of drug-likeness (QED) is 0.673. The van der Waals surface area contributed by atoms with Crippen LogP contribution in [0, 0.1) is 0 Å². The monoisotopic (exact) mass is 469 g/mol. The van der Waals surface area contributed by atoms with Crippen LogP contribution in [0.4, 0.5) is 0 Å². The summed E-state index contributed by atoms with van der Waals surface area (Å²) >= 11 is 0. The lowest BCUT2D eigenvalue weighted by atomic mass is 10.1. The molecular formula is C22H15NO7S2. The van der Waals surface area contributed by atoms with Crippen molar-refractivity contribution in [3.63, 3.8) is 0 Å². The lowest BCUT2D eigenvalue weighted by molar-refractivity contribution is -0.114. The summed E-state index contributed by atoms with van der Waals surface area (Å²) in [5.74, 6) is -2.38. The third kappa shape index (κ3) is 3.24. The third-order valence-corrected chi connectivity index (χ3v) is 8.83. The predicted octanol–water partition coefficient (Wildman–Crippen LogP) is 1.90. The molecule has 8 nitrogen and oxygen atoms in total. The molecule has 32 heavy (non-hydrogen) atoms. The summed E-state index contributed by atoms with van der Waals surface area (Å²) in [4.78, 5) is 35.6. The lowest BCUT2D eigenvalue weighted by Gasteiger charge is -2.01. The first-order valence-electron chi connectivity index (χ1n) is 9.25. The molecule has 162 valence electrons. The maximum Gasteiger partial charge on any atom is 0.244 e. The molecule has 0 bridgehead atoms. The van der Waals surface area contributed by atoms with E-state index in [1.54, 1.807) is 0 Å². The molecule has 0 radical (unpaired) electrons. The molecule has 0 atom stereocenters. The summed E-state index contributed by atoms with van der Waals surface area (Å²) in [6, 6.07) is 11.4. The van der Waals surface area contributed by atoms with E-state index in [4.69, 9.17) is 5.73 Å². The highest BCUT2D eigenvalue weighted by Gasteiger charge is 2.39. The first-order valence-corrected chi connectivity index (χ1v) is 12.2. The number of fused-ring (bicyclic) bond motifs is 2. The zero-order chi connectivity index (χ0) is 23.3. The molecule has 2 aromatic carbocycles. The molecule has 4 rings (SSSR count). The van der Waals surface area contributed by atoms with Crippen LogP contribution in [0.2, 0.25) is 0 Å². The molecule has 0 aromatic heterocycles. The van der Waals surface area contributed by atoms with Gasteiger partial charge in [0.1, 0.15) is 9.81 Å². The first kappa shape index (κ1) is 21.6. The van der Waals surface area contributed by atoms with E-state index in [0.29, 0.717) is 0 Å². The van der Waals surface area contributed by atoms with E-state index in [9.17, 15) is 31.2 Å². The van der Waals surface area contributed by atoms with Gasteiger partial charge in [-0.1, -0.05) is 36.4 Å². The van der Waals surface area contributed by atoms with Gasteiger partial charge in [-0.15, -0.1) is 0 Å². The number of sulfone groups is 2. The number of nitrogens with two attached hydrogens (primary N) is 1. The van der Waals surface area contributed by atoms with E-state index in [2.05, 4.69) is 0 Å². The van der Waals surface area contributed by atoms with E-state index in [1.807, 2.05) is 0 Å². The van der Waals surface area contributed by atoms with Gasteiger partial charge in [0.05, 0.1) is 9.79 Å². The fraction of sp³-hybridized carbons (Fsp3) is 0.0455. The second kappa shape index (κ2) is 7.50. The van der Waals surface area contributed by atoms with Crippen molar-refractivity contribution in [1.82, 2.24) is 0 Å². The molecule has 2 aliphatic heterocycles. The Labute approximate surface area is 183 Å². The maximum atomic E-state index is 12.6. The molecular weight excluding hydrogens is 454 g/mol. The van der Waals surface area contributed by atoms with Crippen LogP contribution in [0.3, 0.4) is 0 Å². The molecule has 2 aliphatic rings. The van der Waals surface area contributed by atoms with Crippen molar-refractivity contribution in [3.05, 3.63) is 93.3 Å². The summed E-state index contributed by atoms with van der Waals surface area (Å²) in [7, 11) is -8.11. The summed E-state index contributed by atoms with van der Waals surface area (Å²) in [6.45, 7) is 0. The van der Waals surface area contributed by atoms with Crippen LogP contribution in [0.5, 0.6) is 0 Å². The lowest BCUT2D eigenvalue weighted by Crippen LogP contribution is -2.14. The second-order valence-electron chi connectivity index (χ2n) is 7.02. The van der Waals surface area contributed by atoms with Crippen molar-refractivity contribution in [2.24, 2.45) is 5.73 Å².